The average Bonchev–Trinajstić information content (AvgIpc) is 2.50. The van der Waals surface area contributed by atoms with Gasteiger partial charge in [0.2, 0.25) is 0 Å². The van der Waals surface area contributed by atoms with Crippen molar-refractivity contribution in [1.82, 2.24) is 0 Å². The number of benzene rings is 1. The van der Waals surface area contributed by atoms with Crippen molar-refractivity contribution < 1.29 is 28.8 Å². The van der Waals surface area contributed by atoms with E-state index in [1.54, 1.807) is 19.2 Å². The maximum atomic E-state index is 11.9. The molecule has 1 aromatic carbocycles. The van der Waals surface area contributed by atoms with Crippen LogP contribution in [0.15, 0.2) is 18.2 Å². The first kappa shape index (κ1) is 16.3. The third-order valence-electron chi connectivity index (χ3n) is 2.77. The SMILES string of the molecule is COc1ccc(OC)c(C(=O)OOCCC(C)OC)c1. The summed E-state index contributed by atoms with van der Waals surface area (Å²) < 4.78 is 15.2. The van der Waals surface area contributed by atoms with Gasteiger partial charge in [-0.1, -0.05) is 0 Å². The van der Waals surface area contributed by atoms with Gasteiger partial charge in [0.15, 0.2) is 0 Å². The van der Waals surface area contributed by atoms with E-state index < -0.39 is 5.97 Å². The fourth-order valence-corrected chi connectivity index (χ4v) is 1.45. The highest BCUT2D eigenvalue weighted by atomic mass is 17.2. The van der Waals surface area contributed by atoms with Gasteiger partial charge in [-0.15, -0.1) is 0 Å². The molecule has 0 fully saturated rings. The normalized spacial score (nSPS) is 11.8. The maximum Gasteiger partial charge on any atom is 0.376 e. The zero-order valence-electron chi connectivity index (χ0n) is 12.2. The highest BCUT2D eigenvalue weighted by Crippen LogP contribution is 2.24. The topological polar surface area (TPSA) is 63.2 Å². The molecule has 6 heteroatoms. The average molecular weight is 284 g/mol. The third kappa shape index (κ3) is 4.71. The van der Waals surface area contributed by atoms with Gasteiger partial charge >= 0.3 is 5.97 Å². The fraction of sp³-hybridized carbons (Fsp3) is 0.500. The molecule has 0 saturated carbocycles. The molecule has 0 saturated heterocycles. The molecule has 20 heavy (non-hydrogen) atoms. The Morgan fingerprint density at radius 1 is 1.20 bits per heavy atom. The zero-order chi connectivity index (χ0) is 15.0. The molecule has 1 unspecified atom stereocenters. The molecule has 0 bridgehead atoms. The highest BCUT2D eigenvalue weighted by Gasteiger charge is 2.16. The summed E-state index contributed by atoms with van der Waals surface area (Å²) in [4.78, 5) is 21.5. The largest absolute Gasteiger partial charge is 0.497 e. The Bertz CT molecular complexity index is 432. The van der Waals surface area contributed by atoms with Gasteiger partial charge in [-0.25, -0.2) is 4.79 Å². The van der Waals surface area contributed by atoms with Crippen molar-refractivity contribution in [3.8, 4) is 11.5 Å². The Morgan fingerprint density at radius 2 is 1.95 bits per heavy atom. The van der Waals surface area contributed by atoms with Crippen molar-refractivity contribution in [3.63, 3.8) is 0 Å². The lowest BCUT2D eigenvalue weighted by molar-refractivity contribution is -0.244. The quantitative estimate of drug-likeness (QED) is 0.414. The third-order valence-corrected chi connectivity index (χ3v) is 2.77. The van der Waals surface area contributed by atoms with Crippen molar-refractivity contribution in [2.45, 2.75) is 19.4 Å². The number of ether oxygens (including phenoxy) is 3. The number of carbonyl (C=O) groups excluding carboxylic acids is 1. The van der Waals surface area contributed by atoms with Crippen molar-refractivity contribution in [3.05, 3.63) is 23.8 Å². The van der Waals surface area contributed by atoms with E-state index in [4.69, 9.17) is 24.0 Å². The van der Waals surface area contributed by atoms with Crippen LogP contribution in [-0.2, 0) is 14.5 Å². The summed E-state index contributed by atoms with van der Waals surface area (Å²) in [5.74, 6) is 0.293. The zero-order valence-corrected chi connectivity index (χ0v) is 12.2. The van der Waals surface area contributed by atoms with Crippen LogP contribution in [0.25, 0.3) is 0 Å². The molecule has 0 heterocycles. The monoisotopic (exact) mass is 284 g/mol. The minimum absolute atomic E-state index is 0.0417. The highest BCUT2D eigenvalue weighted by molar-refractivity contribution is 5.92. The predicted molar refractivity (Wildman–Crippen MR) is 72.0 cm³/mol. The van der Waals surface area contributed by atoms with Crippen LogP contribution in [0.2, 0.25) is 0 Å². The molecule has 0 aromatic heterocycles. The summed E-state index contributed by atoms with van der Waals surface area (Å²) in [7, 11) is 4.59. The van der Waals surface area contributed by atoms with E-state index >= 15 is 0 Å². The second kappa shape index (κ2) is 8.39. The van der Waals surface area contributed by atoms with Gasteiger partial charge in [0.25, 0.3) is 0 Å². The van der Waals surface area contributed by atoms with Crippen LogP contribution in [-0.4, -0.2) is 40.0 Å². The first-order valence-corrected chi connectivity index (χ1v) is 6.21. The van der Waals surface area contributed by atoms with E-state index in [2.05, 4.69) is 0 Å². The molecule has 6 nitrogen and oxygen atoms in total. The Balaban J connectivity index is 2.58. The number of hydrogen-bond acceptors (Lipinski definition) is 6. The van der Waals surface area contributed by atoms with Gasteiger partial charge in [-0.3, -0.25) is 4.89 Å². The summed E-state index contributed by atoms with van der Waals surface area (Å²) in [6.45, 7) is 2.16. The molecule has 0 aliphatic rings. The van der Waals surface area contributed by atoms with Gasteiger partial charge in [0.1, 0.15) is 17.1 Å². The molecule has 0 N–H and O–H groups in total. The summed E-state index contributed by atoms with van der Waals surface area (Å²) >= 11 is 0. The Kier molecular flexibility index (Phi) is 6.83. The van der Waals surface area contributed by atoms with Crippen LogP contribution in [0.4, 0.5) is 0 Å². The standard InChI is InChI=1S/C14H20O6/c1-10(16-2)7-8-19-20-14(15)12-9-11(17-3)5-6-13(12)18-4/h5-6,9-10H,7-8H2,1-4H3. The summed E-state index contributed by atoms with van der Waals surface area (Å²) in [5, 5.41) is 0. The van der Waals surface area contributed by atoms with Crippen molar-refractivity contribution >= 4 is 5.97 Å². The lowest BCUT2D eigenvalue weighted by atomic mass is 10.2. The van der Waals surface area contributed by atoms with Crippen LogP contribution in [0, 0.1) is 0 Å². The molecule has 1 aromatic rings. The summed E-state index contributed by atoms with van der Waals surface area (Å²) in [6.07, 6.45) is 0.666. The van der Waals surface area contributed by atoms with Crippen molar-refractivity contribution in [2.75, 3.05) is 27.9 Å². The lowest BCUT2D eigenvalue weighted by Gasteiger charge is -2.10. The fourth-order valence-electron chi connectivity index (χ4n) is 1.45. The number of hydrogen-bond donors (Lipinski definition) is 0. The number of methoxy groups -OCH3 is 3. The predicted octanol–water partition coefficient (Wildman–Crippen LogP) is 2.22. The molecule has 0 aliphatic heterocycles. The van der Waals surface area contributed by atoms with Gasteiger partial charge < -0.3 is 14.2 Å². The lowest BCUT2D eigenvalue weighted by Crippen LogP contribution is -2.12. The second-order valence-electron chi connectivity index (χ2n) is 4.09. The van der Waals surface area contributed by atoms with Crippen molar-refractivity contribution in [1.29, 1.82) is 0 Å². The first-order valence-electron chi connectivity index (χ1n) is 6.21. The van der Waals surface area contributed by atoms with Gasteiger partial charge in [-0.05, 0) is 25.1 Å². The molecule has 1 rings (SSSR count). The molecule has 0 spiro atoms. The molecule has 1 atom stereocenters. The van der Waals surface area contributed by atoms with E-state index in [0.29, 0.717) is 17.9 Å². The Labute approximate surface area is 118 Å². The van der Waals surface area contributed by atoms with Gasteiger partial charge in [0.05, 0.1) is 26.9 Å². The molecular formula is C14H20O6. The summed E-state index contributed by atoms with van der Waals surface area (Å²) in [5.41, 5.74) is 0.242. The van der Waals surface area contributed by atoms with Crippen LogP contribution >= 0.6 is 0 Å². The molecular weight excluding hydrogens is 264 g/mol. The van der Waals surface area contributed by atoms with E-state index in [-0.39, 0.29) is 18.3 Å². The van der Waals surface area contributed by atoms with E-state index in [1.807, 2.05) is 6.92 Å². The minimum atomic E-state index is -0.634. The summed E-state index contributed by atoms with van der Waals surface area (Å²) in [6, 6.07) is 4.85. The maximum absolute atomic E-state index is 11.9. The van der Waals surface area contributed by atoms with E-state index in [1.165, 1.54) is 20.3 Å². The Hall–Kier alpha value is -1.79. The number of rotatable bonds is 8. The molecule has 0 amide bonds. The van der Waals surface area contributed by atoms with E-state index in [0.717, 1.165) is 0 Å². The van der Waals surface area contributed by atoms with E-state index in [9.17, 15) is 4.79 Å². The van der Waals surface area contributed by atoms with Gasteiger partial charge in [-0.2, -0.15) is 4.89 Å². The molecule has 0 aliphatic carbocycles. The van der Waals surface area contributed by atoms with Gasteiger partial charge in [0, 0.05) is 13.5 Å². The van der Waals surface area contributed by atoms with Crippen LogP contribution in [0.1, 0.15) is 23.7 Å². The smallest absolute Gasteiger partial charge is 0.376 e. The Morgan fingerprint density at radius 3 is 2.55 bits per heavy atom. The second-order valence-corrected chi connectivity index (χ2v) is 4.09. The van der Waals surface area contributed by atoms with Crippen molar-refractivity contribution in [2.24, 2.45) is 0 Å². The van der Waals surface area contributed by atoms with Crippen LogP contribution in [0.3, 0.4) is 0 Å². The first-order chi connectivity index (χ1) is 9.62. The van der Waals surface area contributed by atoms with Crippen LogP contribution < -0.4 is 9.47 Å². The minimum Gasteiger partial charge on any atom is -0.497 e. The van der Waals surface area contributed by atoms with Crippen LogP contribution in [0.5, 0.6) is 11.5 Å². The number of carbonyl (C=O) groups is 1. The molecule has 112 valence electrons. The molecule has 0 radical (unpaired) electrons.